The molecule has 0 bridgehead atoms. The first-order chi connectivity index (χ1) is 43.6. The van der Waals surface area contributed by atoms with Gasteiger partial charge in [0.1, 0.15) is 0 Å². The molecule has 0 aliphatic rings. The highest BCUT2D eigenvalue weighted by atomic mass is 15.1. The molecule has 0 atom stereocenters. The summed E-state index contributed by atoms with van der Waals surface area (Å²) in [6.07, 6.45) is 0. The van der Waals surface area contributed by atoms with Crippen molar-refractivity contribution in [3.05, 3.63) is 321 Å². The van der Waals surface area contributed by atoms with Gasteiger partial charge in [-0.1, -0.05) is 237 Å². The highest BCUT2D eigenvalue weighted by Gasteiger charge is 2.25. The third-order valence-electron chi connectivity index (χ3n) is 17.0. The topological polar surface area (TPSA) is 72.3 Å². The van der Waals surface area contributed by atoms with Crippen LogP contribution in [0.4, 0.5) is 0 Å². The predicted molar refractivity (Wildman–Crippen MR) is 362 cm³/mol. The van der Waals surface area contributed by atoms with Crippen molar-refractivity contribution in [1.29, 1.82) is 5.26 Å². The van der Waals surface area contributed by atoms with Crippen LogP contribution in [0, 0.1) is 11.3 Å². The quantitative estimate of drug-likeness (QED) is 0.129. The van der Waals surface area contributed by atoms with Crippen LogP contribution in [0.25, 0.3) is 156 Å². The van der Waals surface area contributed by atoms with E-state index in [0.29, 0.717) is 23.0 Å². The lowest BCUT2D eigenvalue weighted by atomic mass is 9.93. The van der Waals surface area contributed by atoms with Crippen LogP contribution in [0.2, 0.25) is 0 Å². The molecule has 16 rings (SSSR count). The third kappa shape index (κ3) is 9.19. The van der Waals surface area contributed by atoms with Crippen molar-refractivity contribution in [3.8, 4) is 118 Å². The van der Waals surface area contributed by atoms with Crippen molar-refractivity contribution in [2.24, 2.45) is 0 Å². The van der Waals surface area contributed by atoms with Crippen LogP contribution in [0.5, 0.6) is 0 Å². The molecule has 6 heteroatoms. The number of rotatable bonds is 11. The monoisotopic (exact) mass is 1120 g/mol. The summed E-state index contributed by atoms with van der Waals surface area (Å²) in [7, 11) is 0. The SMILES string of the molecule is N#Cc1ccccc1-c1ccc(-n2c3ccc(-c4ccccc4)cc3c3cc(-c4ccccc4)ccc32)c(-c2ccc(-n3c4ccc(-c5ccccc5)cc4c4cc(-c5ccccc5)ccc43)c(-c3nc(-c4ccccc4)nc(-c4ccccc4)n3)c2)c1. The Kier molecular flexibility index (Phi) is 12.8. The minimum atomic E-state index is 0.521. The Morgan fingerprint density at radius 2 is 0.523 bits per heavy atom. The molecule has 0 spiro atoms. The Hall–Kier alpha value is -12.0. The highest BCUT2D eigenvalue weighted by molar-refractivity contribution is 6.14. The van der Waals surface area contributed by atoms with Crippen molar-refractivity contribution in [2.45, 2.75) is 0 Å². The van der Waals surface area contributed by atoms with Crippen molar-refractivity contribution >= 4 is 43.6 Å². The van der Waals surface area contributed by atoms with Crippen LogP contribution < -0.4 is 0 Å². The maximum absolute atomic E-state index is 10.6. The molecule has 0 amide bonds. The van der Waals surface area contributed by atoms with Crippen molar-refractivity contribution in [2.75, 3.05) is 0 Å². The summed E-state index contributed by atoms with van der Waals surface area (Å²) in [4.78, 5) is 16.2. The summed E-state index contributed by atoms with van der Waals surface area (Å²) in [5.41, 5.74) is 22.1. The largest absolute Gasteiger partial charge is 0.309 e. The van der Waals surface area contributed by atoms with Gasteiger partial charge in [0.05, 0.1) is 45.1 Å². The number of hydrogen-bond acceptors (Lipinski definition) is 4. The van der Waals surface area contributed by atoms with Crippen molar-refractivity contribution in [3.63, 3.8) is 0 Å². The molecule has 88 heavy (non-hydrogen) atoms. The lowest BCUT2D eigenvalue weighted by Gasteiger charge is -2.19. The van der Waals surface area contributed by atoms with E-state index in [1.807, 2.05) is 60.7 Å². The number of nitriles is 1. The van der Waals surface area contributed by atoms with Gasteiger partial charge < -0.3 is 9.13 Å². The lowest BCUT2D eigenvalue weighted by molar-refractivity contribution is 1.06. The van der Waals surface area contributed by atoms with E-state index in [0.717, 1.165) is 138 Å². The summed E-state index contributed by atoms with van der Waals surface area (Å²) in [5.74, 6) is 1.65. The molecule has 0 fully saturated rings. The van der Waals surface area contributed by atoms with E-state index in [1.165, 1.54) is 0 Å². The number of benzene rings is 13. The highest BCUT2D eigenvalue weighted by Crippen LogP contribution is 2.45. The Morgan fingerprint density at radius 3 is 0.898 bits per heavy atom. The summed E-state index contributed by atoms with van der Waals surface area (Å²) in [6.45, 7) is 0. The second-order valence-corrected chi connectivity index (χ2v) is 22.2. The standard InChI is InChI=1S/C82H52N6/c83-53-66-33-19-20-34-67(66)64-39-45-74(87-75-41-35-60(54-21-7-1-8-22-54)47-69(75)70-48-61(36-42-76(70)87)55-23-9-2-10-24-55)68(51-64)65-40-46-79(73(52-65)82-85-80(58-29-15-5-16-30-58)84-81(86-82)59-31-17-6-18-32-59)88-77-43-37-62(56-25-11-3-12-26-56)49-71(77)72-50-63(38-44-78(72)88)57-27-13-4-14-28-57/h1-52H. The van der Waals surface area contributed by atoms with Gasteiger partial charge in [-0.25, -0.2) is 15.0 Å². The van der Waals surface area contributed by atoms with Gasteiger partial charge in [-0.05, 0) is 140 Å². The molecule has 16 aromatic rings. The molecule has 0 N–H and O–H groups in total. The Labute approximate surface area is 509 Å². The zero-order valence-corrected chi connectivity index (χ0v) is 47.7. The molecule has 0 radical (unpaired) electrons. The summed E-state index contributed by atoms with van der Waals surface area (Å²) >= 11 is 0. The molecule has 0 aliphatic carbocycles. The zero-order valence-electron chi connectivity index (χ0n) is 47.7. The van der Waals surface area contributed by atoms with Gasteiger partial charge in [0, 0.05) is 43.8 Å². The molecule has 3 aromatic heterocycles. The van der Waals surface area contributed by atoms with Gasteiger partial charge in [0.2, 0.25) is 0 Å². The van der Waals surface area contributed by atoms with Gasteiger partial charge in [-0.2, -0.15) is 5.26 Å². The first-order valence-corrected chi connectivity index (χ1v) is 29.6. The van der Waals surface area contributed by atoms with E-state index in [9.17, 15) is 5.26 Å². The van der Waals surface area contributed by atoms with E-state index in [2.05, 4.69) is 270 Å². The first kappa shape index (κ1) is 51.6. The smallest absolute Gasteiger partial charge is 0.166 e. The molecule has 410 valence electrons. The van der Waals surface area contributed by atoms with Gasteiger partial charge in [-0.3, -0.25) is 0 Å². The van der Waals surface area contributed by atoms with Crippen LogP contribution >= 0.6 is 0 Å². The van der Waals surface area contributed by atoms with E-state index < -0.39 is 0 Å². The second-order valence-electron chi connectivity index (χ2n) is 22.2. The second kappa shape index (κ2) is 21.9. The number of aromatic nitrogens is 5. The fourth-order valence-corrected chi connectivity index (χ4v) is 12.8. The summed E-state index contributed by atoms with van der Waals surface area (Å²) in [6, 6.07) is 114. The normalized spacial score (nSPS) is 11.4. The maximum Gasteiger partial charge on any atom is 0.166 e. The Balaban J connectivity index is 1.00. The van der Waals surface area contributed by atoms with Crippen molar-refractivity contribution in [1.82, 2.24) is 24.1 Å². The molecule has 0 saturated carbocycles. The fraction of sp³-hybridized carbons (Fsp3) is 0. The predicted octanol–water partition coefficient (Wildman–Crippen LogP) is 20.9. The molecule has 3 heterocycles. The van der Waals surface area contributed by atoms with Gasteiger partial charge >= 0.3 is 0 Å². The molecule has 13 aromatic carbocycles. The number of fused-ring (bicyclic) bond motifs is 6. The van der Waals surface area contributed by atoms with Gasteiger partial charge in [-0.15, -0.1) is 0 Å². The van der Waals surface area contributed by atoms with Crippen LogP contribution in [0.15, 0.2) is 315 Å². The van der Waals surface area contributed by atoms with E-state index in [-0.39, 0.29) is 0 Å². The summed E-state index contributed by atoms with van der Waals surface area (Å²) < 4.78 is 4.81. The molecule has 6 nitrogen and oxygen atoms in total. The minimum Gasteiger partial charge on any atom is -0.309 e. The molecule has 0 saturated heterocycles. The van der Waals surface area contributed by atoms with Crippen LogP contribution in [0.3, 0.4) is 0 Å². The molecule has 0 aliphatic heterocycles. The Bertz CT molecular complexity index is 5110. The van der Waals surface area contributed by atoms with Gasteiger partial charge in [0.25, 0.3) is 0 Å². The first-order valence-electron chi connectivity index (χ1n) is 29.6. The fourth-order valence-electron chi connectivity index (χ4n) is 12.8. The zero-order chi connectivity index (χ0) is 58.5. The average molecular weight is 1120 g/mol. The number of hydrogen-bond donors (Lipinski definition) is 0. The van der Waals surface area contributed by atoms with Crippen LogP contribution in [0.1, 0.15) is 5.56 Å². The molecular weight excluding hydrogens is 1070 g/mol. The van der Waals surface area contributed by atoms with Crippen LogP contribution in [-0.2, 0) is 0 Å². The third-order valence-corrected chi connectivity index (χ3v) is 17.0. The maximum atomic E-state index is 10.6. The molecular formula is C82H52N6. The summed E-state index contributed by atoms with van der Waals surface area (Å²) in [5, 5.41) is 15.2. The van der Waals surface area contributed by atoms with Crippen molar-refractivity contribution < 1.29 is 0 Å². The van der Waals surface area contributed by atoms with Crippen LogP contribution in [-0.4, -0.2) is 24.1 Å². The average Bonchev–Trinajstić information content (AvgIpc) is 1.90. The minimum absolute atomic E-state index is 0.521. The number of nitrogens with zero attached hydrogens (tertiary/aromatic N) is 6. The molecule has 0 unspecified atom stereocenters. The van der Waals surface area contributed by atoms with E-state index in [1.54, 1.807) is 0 Å². The van der Waals surface area contributed by atoms with E-state index in [4.69, 9.17) is 15.0 Å². The van der Waals surface area contributed by atoms with E-state index >= 15 is 0 Å². The lowest BCUT2D eigenvalue weighted by Crippen LogP contribution is -2.04. The van der Waals surface area contributed by atoms with Gasteiger partial charge in [0.15, 0.2) is 17.5 Å². The Morgan fingerprint density at radius 1 is 0.227 bits per heavy atom.